The molecule has 2 rings (SSSR count). The molecule has 1 aliphatic rings. The van der Waals surface area contributed by atoms with Crippen LogP contribution in [0.1, 0.15) is 23.2 Å². The third-order valence-electron chi connectivity index (χ3n) is 3.08. The molecule has 96 valence electrons. The average Bonchev–Trinajstić information content (AvgIpc) is 2.34. The van der Waals surface area contributed by atoms with E-state index in [1.165, 1.54) is 12.1 Å². The molecule has 1 aliphatic heterocycles. The van der Waals surface area contributed by atoms with Crippen molar-refractivity contribution in [1.82, 2.24) is 10.2 Å². The van der Waals surface area contributed by atoms with Crippen LogP contribution in [0.15, 0.2) is 24.3 Å². The van der Waals surface area contributed by atoms with Crippen LogP contribution in [0.5, 0.6) is 0 Å². The summed E-state index contributed by atoms with van der Waals surface area (Å²) in [5.74, 6) is -0.887. The van der Waals surface area contributed by atoms with Gasteiger partial charge >= 0.3 is 0 Å². The van der Waals surface area contributed by atoms with Gasteiger partial charge in [-0.25, -0.2) is 4.39 Å². The molecule has 1 unspecified atom stereocenters. The van der Waals surface area contributed by atoms with E-state index in [2.05, 4.69) is 5.32 Å². The third kappa shape index (κ3) is 2.67. The summed E-state index contributed by atoms with van der Waals surface area (Å²) >= 11 is 0. The number of likely N-dealkylation sites (N-methyl/N-ethyl adjacent to an activating group) is 1. The summed E-state index contributed by atoms with van der Waals surface area (Å²) in [6.07, 6.45) is 1.02. The molecule has 0 aliphatic carbocycles. The minimum absolute atomic E-state index is 0.0389. The number of carbonyl (C=O) groups excluding carboxylic acids is 2. The molecule has 4 nitrogen and oxygen atoms in total. The number of piperidine rings is 1. The molecule has 1 aromatic rings. The van der Waals surface area contributed by atoms with Crippen LogP contribution in [0.3, 0.4) is 0 Å². The Morgan fingerprint density at radius 3 is 2.83 bits per heavy atom. The highest BCUT2D eigenvalue weighted by Crippen LogP contribution is 2.12. The summed E-state index contributed by atoms with van der Waals surface area (Å²) in [7, 11) is 1.70. The smallest absolute Gasteiger partial charge is 0.254 e. The fraction of sp³-hybridized carbons (Fsp3) is 0.385. The molecule has 1 fully saturated rings. The van der Waals surface area contributed by atoms with Crippen molar-refractivity contribution in [3.63, 3.8) is 0 Å². The maximum absolute atomic E-state index is 13.4. The maximum Gasteiger partial charge on any atom is 0.254 e. The number of amides is 2. The lowest BCUT2D eigenvalue weighted by Crippen LogP contribution is -2.48. The van der Waals surface area contributed by atoms with Gasteiger partial charge < -0.3 is 10.2 Å². The molecule has 0 bridgehead atoms. The maximum atomic E-state index is 13.4. The Kier molecular flexibility index (Phi) is 3.60. The first kappa shape index (κ1) is 12.5. The number of carbonyl (C=O) groups is 2. The van der Waals surface area contributed by atoms with Gasteiger partial charge in [0.2, 0.25) is 5.91 Å². The van der Waals surface area contributed by atoms with Gasteiger partial charge in [-0.2, -0.15) is 0 Å². The number of likely N-dealkylation sites (tertiary alicyclic amines) is 1. The molecule has 5 heteroatoms. The first-order valence-corrected chi connectivity index (χ1v) is 5.87. The standard InChI is InChI=1S/C13H15FN2O2/c1-16-8-9(6-7-12(16)17)15-13(18)10-4-2-3-5-11(10)14/h2-5,9H,6-8H2,1H3,(H,15,18). The molecule has 0 saturated carbocycles. The number of hydrogen-bond acceptors (Lipinski definition) is 2. The monoisotopic (exact) mass is 250 g/mol. The second-order valence-corrected chi connectivity index (χ2v) is 4.46. The quantitative estimate of drug-likeness (QED) is 0.856. The van der Waals surface area contributed by atoms with Crippen LogP contribution in [-0.2, 0) is 4.79 Å². The van der Waals surface area contributed by atoms with Crippen molar-refractivity contribution in [2.24, 2.45) is 0 Å². The Bertz CT molecular complexity index is 476. The van der Waals surface area contributed by atoms with Crippen molar-refractivity contribution < 1.29 is 14.0 Å². The highest BCUT2D eigenvalue weighted by atomic mass is 19.1. The Morgan fingerprint density at radius 1 is 1.44 bits per heavy atom. The third-order valence-corrected chi connectivity index (χ3v) is 3.08. The molecule has 1 aromatic carbocycles. The van der Waals surface area contributed by atoms with E-state index in [-0.39, 0.29) is 17.5 Å². The van der Waals surface area contributed by atoms with Gasteiger partial charge in [-0.05, 0) is 18.6 Å². The Labute approximate surface area is 105 Å². The zero-order valence-corrected chi connectivity index (χ0v) is 10.1. The van der Waals surface area contributed by atoms with Crippen molar-refractivity contribution in [1.29, 1.82) is 0 Å². The Balaban J connectivity index is 2.00. The first-order chi connectivity index (χ1) is 8.58. The van der Waals surface area contributed by atoms with E-state index >= 15 is 0 Å². The van der Waals surface area contributed by atoms with Gasteiger partial charge in [0.05, 0.1) is 5.56 Å². The van der Waals surface area contributed by atoms with E-state index in [4.69, 9.17) is 0 Å². The van der Waals surface area contributed by atoms with Crippen LogP contribution in [0.4, 0.5) is 4.39 Å². The number of benzene rings is 1. The van der Waals surface area contributed by atoms with Crippen LogP contribution in [0, 0.1) is 5.82 Å². The van der Waals surface area contributed by atoms with Crippen molar-refractivity contribution in [3.8, 4) is 0 Å². The summed E-state index contributed by atoms with van der Waals surface area (Å²) in [6, 6.07) is 5.75. The molecule has 0 aromatic heterocycles. The Morgan fingerprint density at radius 2 is 2.17 bits per heavy atom. The van der Waals surface area contributed by atoms with Crippen molar-refractivity contribution in [2.45, 2.75) is 18.9 Å². The van der Waals surface area contributed by atoms with E-state index in [0.717, 1.165) is 0 Å². The second kappa shape index (κ2) is 5.16. The molecule has 1 saturated heterocycles. The van der Waals surface area contributed by atoms with Crippen LogP contribution in [0.2, 0.25) is 0 Å². The minimum atomic E-state index is -0.532. The van der Waals surface area contributed by atoms with E-state index in [1.54, 1.807) is 24.1 Å². The van der Waals surface area contributed by atoms with Crippen LogP contribution < -0.4 is 5.32 Å². The number of hydrogen-bond donors (Lipinski definition) is 1. The molecule has 0 spiro atoms. The predicted molar refractivity (Wildman–Crippen MR) is 64.5 cm³/mol. The normalized spacial score (nSPS) is 19.8. The van der Waals surface area contributed by atoms with Gasteiger partial charge in [0.25, 0.3) is 5.91 Å². The van der Waals surface area contributed by atoms with Crippen molar-refractivity contribution in [3.05, 3.63) is 35.6 Å². The SMILES string of the molecule is CN1CC(NC(=O)c2ccccc2F)CCC1=O. The van der Waals surface area contributed by atoms with Crippen molar-refractivity contribution in [2.75, 3.05) is 13.6 Å². The largest absolute Gasteiger partial charge is 0.347 e. The fourth-order valence-corrected chi connectivity index (χ4v) is 2.04. The number of nitrogens with zero attached hydrogens (tertiary/aromatic N) is 1. The van der Waals surface area contributed by atoms with Crippen LogP contribution >= 0.6 is 0 Å². The van der Waals surface area contributed by atoms with E-state index in [0.29, 0.717) is 19.4 Å². The van der Waals surface area contributed by atoms with E-state index in [1.807, 2.05) is 0 Å². The fourth-order valence-electron chi connectivity index (χ4n) is 2.04. The number of nitrogens with one attached hydrogen (secondary N) is 1. The summed E-state index contributed by atoms with van der Waals surface area (Å²) in [5, 5.41) is 2.75. The van der Waals surface area contributed by atoms with Gasteiger partial charge in [-0.1, -0.05) is 12.1 Å². The highest BCUT2D eigenvalue weighted by molar-refractivity contribution is 5.94. The molecule has 1 atom stereocenters. The molecule has 2 amide bonds. The number of rotatable bonds is 2. The first-order valence-electron chi connectivity index (χ1n) is 5.87. The summed E-state index contributed by atoms with van der Waals surface area (Å²) in [4.78, 5) is 24.7. The molecular weight excluding hydrogens is 235 g/mol. The van der Waals surface area contributed by atoms with Gasteiger partial charge in [0.1, 0.15) is 5.82 Å². The van der Waals surface area contributed by atoms with E-state index in [9.17, 15) is 14.0 Å². The zero-order valence-electron chi connectivity index (χ0n) is 10.1. The molecule has 1 N–H and O–H groups in total. The van der Waals surface area contributed by atoms with Crippen molar-refractivity contribution >= 4 is 11.8 Å². The van der Waals surface area contributed by atoms with Crippen LogP contribution in [-0.4, -0.2) is 36.3 Å². The molecule has 0 radical (unpaired) electrons. The summed E-state index contributed by atoms with van der Waals surface area (Å²) in [5.41, 5.74) is 0.0389. The van der Waals surface area contributed by atoms with Crippen LogP contribution in [0.25, 0.3) is 0 Å². The minimum Gasteiger partial charge on any atom is -0.347 e. The Hall–Kier alpha value is -1.91. The topological polar surface area (TPSA) is 49.4 Å². The lowest BCUT2D eigenvalue weighted by molar-refractivity contribution is -0.132. The summed E-state index contributed by atoms with van der Waals surface area (Å²) < 4.78 is 13.4. The van der Waals surface area contributed by atoms with E-state index < -0.39 is 11.7 Å². The summed E-state index contributed by atoms with van der Waals surface area (Å²) in [6.45, 7) is 0.471. The molecular formula is C13H15FN2O2. The highest BCUT2D eigenvalue weighted by Gasteiger charge is 2.24. The second-order valence-electron chi connectivity index (χ2n) is 4.46. The van der Waals surface area contributed by atoms with Gasteiger partial charge in [-0.3, -0.25) is 9.59 Å². The lowest BCUT2D eigenvalue weighted by Gasteiger charge is -2.30. The van der Waals surface area contributed by atoms with Gasteiger partial charge in [-0.15, -0.1) is 0 Å². The average molecular weight is 250 g/mol. The number of halogens is 1. The lowest BCUT2D eigenvalue weighted by atomic mass is 10.0. The van der Waals surface area contributed by atoms with Gasteiger partial charge in [0, 0.05) is 26.1 Å². The zero-order chi connectivity index (χ0) is 13.1. The van der Waals surface area contributed by atoms with Gasteiger partial charge in [0.15, 0.2) is 0 Å². The molecule has 18 heavy (non-hydrogen) atoms. The predicted octanol–water partition coefficient (Wildman–Crippen LogP) is 1.18. The molecule has 1 heterocycles.